The number of esters is 3. The molecule has 0 aromatic carbocycles. The van der Waals surface area contributed by atoms with Gasteiger partial charge < -0.3 is 18.9 Å². The Kier molecular flexibility index (Phi) is 5.76. The maximum Gasteiger partial charge on any atom is 0.303 e. The first kappa shape index (κ1) is 16.7. The summed E-state index contributed by atoms with van der Waals surface area (Å²) < 4.78 is 20.5. The van der Waals surface area contributed by atoms with E-state index in [9.17, 15) is 14.4 Å². The average molecular weight is 309 g/mol. The van der Waals surface area contributed by atoms with E-state index in [1.807, 2.05) is 0 Å². The fraction of sp³-hybridized carbons (Fsp3) is 0.750. The molecule has 0 spiro atoms. The van der Waals surface area contributed by atoms with Crippen LogP contribution in [-0.4, -0.2) is 47.9 Å². The van der Waals surface area contributed by atoms with Gasteiger partial charge >= 0.3 is 17.9 Å². The van der Waals surface area contributed by atoms with Crippen LogP contribution in [0.5, 0.6) is 0 Å². The zero-order valence-corrected chi connectivity index (χ0v) is 12.4. The summed E-state index contributed by atoms with van der Waals surface area (Å²) in [6.45, 7) is 5.21. The summed E-state index contributed by atoms with van der Waals surface area (Å²) in [5.74, 6) is -1.79. The lowest BCUT2D eigenvalue weighted by atomic mass is 10.00. The van der Waals surface area contributed by atoms with Crippen LogP contribution in [0.15, 0.2) is 0 Å². The van der Waals surface area contributed by atoms with E-state index in [1.165, 1.54) is 20.8 Å². The Morgan fingerprint density at radius 3 is 1.70 bits per heavy atom. The minimum absolute atomic E-state index is 0.572. The molecule has 5 atom stereocenters. The van der Waals surface area contributed by atoms with Crippen molar-refractivity contribution in [3.8, 4) is 0 Å². The molecule has 8 heteroatoms. The Hall–Kier alpha value is -1.34. The second-order valence-electron chi connectivity index (χ2n) is 4.41. The van der Waals surface area contributed by atoms with Gasteiger partial charge in [0.25, 0.3) is 0 Å². The summed E-state index contributed by atoms with van der Waals surface area (Å²) >= 11 is 5.97. The van der Waals surface area contributed by atoms with Crippen molar-refractivity contribution in [1.82, 2.24) is 0 Å². The topological polar surface area (TPSA) is 88.1 Å². The minimum Gasteiger partial charge on any atom is -0.456 e. The molecule has 0 N–H and O–H groups in total. The van der Waals surface area contributed by atoms with E-state index in [4.69, 9.17) is 30.5 Å². The number of ether oxygens (including phenoxy) is 4. The van der Waals surface area contributed by atoms with Gasteiger partial charge in [-0.3, -0.25) is 14.4 Å². The molecule has 5 unspecified atom stereocenters. The molecule has 1 aliphatic heterocycles. The lowest BCUT2D eigenvalue weighted by Crippen LogP contribution is -2.59. The lowest BCUT2D eigenvalue weighted by molar-refractivity contribution is -0.230. The van der Waals surface area contributed by atoms with E-state index in [0.29, 0.717) is 0 Å². The maximum absolute atomic E-state index is 11.2. The largest absolute Gasteiger partial charge is 0.456 e. The second-order valence-corrected chi connectivity index (χ2v) is 4.84. The van der Waals surface area contributed by atoms with Crippen molar-refractivity contribution in [3.05, 3.63) is 0 Å². The highest BCUT2D eigenvalue weighted by Crippen LogP contribution is 2.30. The van der Waals surface area contributed by atoms with Crippen molar-refractivity contribution in [2.24, 2.45) is 0 Å². The molecule has 1 saturated heterocycles. The van der Waals surface area contributed by atoms with Crippen molar-refractivity contribution >= 4 is 29.5 Å². The van der Waals surface area contributed by atoms with Gasteiger partial charge in [-0.05, 0) is 6.92 Å². The highest BCUT2D eigenvalue weighted by Gasteiger charge is 2.49. The number of hydrogen-bond acceptors (Lipinski definition) is 7. The van der Waals surface area contributed by atoms with E-state index < -0.39 is 47.9 Å². The average Bonchev–Trinajstić information content (AvgIpc) is 2.27. The Morgan fingerprint density at radius 2 is 1.25 bits per heavy atom. The molecular weight excluding hydrogens is 292 g/mol. The van der Waals surface area contributed by atoms with Crippen LogP contribution in [0, 0.1) is 0 Å². The van der Waals surface area contributed by atoms with E-state index in [1.54, 1.807) is 6.92 Å². The van der Waals surface area contributed by atoms with Gasteiger partial charge in [0, 0.05) is 20.8 Å². The highest BCUT2D eigenvalue weighted by atomic mass is 35.5. The second kappa shape index (κ2) is 6.90. The molecule has 0 bridgehead atoms. The quantitative estimate of drug-likeness (QED) is 0.432. The highest BCUT2D eigenvalue weighted by molar-refractivity contribution is 6.20. The molecule has 1 aliphatic rings. The first-order valence-electron chi connectivity index (χ1n) is 6.03. The van der Waals surface area contributed by atoms with Crippen LogP contribution in [0.1, 0.15) is 27.7 Å². The van der Waals surface area contributed by atoms with Crippen LogP contribution in [0.25, 0.3) is 0 Å². The zero-order valence-electron chi connectivity index (χ0n) is 11.6. The third-order valence-corrected chi connectivity index (χ3v) is 2.97. The summed E-state index contributed by atoms with van der Waals surface area (Å²) in [5, 5.41) is 0. The van der Waals surface area contributed by atoms with Gasteiger partial charge in [-0.1, -0.05) is 11.6 Å². The normalized spacial score (nSPS) is 33.1. The van der Waals surface area contributed by atoms with E-state index >= 15 is 0 Å². The van der Waals surface area contributed by atoms with Crippen molar-refractivity contribution in [2.75, 3.05) is 0 Å². The molecule has 1 fully saturated rings. The molecule has 0 amide bonds. The smallest absolute Gasteiger partial charge is 0.303 e. The summed E-state index contributed by atoms with van der Waals surface area (Å²) in [6, 6.07) is 0. The van der Waals surface area contributed by atoms with E-state index in [0.717, 1.165) is 0 Å². The van der Waals surface area contributed by atoms with Gasteiger partial charge in [-0.15, -0.1) is 0 Å². The predicted octanol–water partition coefficient (Wildman–Crippen LogP) is 0.765. The minimum atomic E-state index is -1.06. The van der Waals surface area contributed by atoms with Gasteiger partial charge in [-0.25, -0.2) is 0 Å². The molecule has 0 saturated carbocycles. The van der Waals surface area contributed by atoms with Crippen molar-refractivity contribution in [3.63, 3.8) is 0 Å². The molecule has 0 aromatic heterocycles. The molecule has 1 rings (SSSR count). The van der Waals surface area contributed by atoms with Gasteiger partial charge in [0.1, 0.15) is 0 Å². The van der Waals surface area contributed by atoms with Crippen LogP contribution < -0.4 is 0 Å². The standard InChI is InChI=1S/C12H17ClO7/c1-5-9(18-6(2)14)10(19-7(3)15)11(12(13)17-5)20-8(4)16/h5,9-12H,1-4H3. The molecule has 1 heterocycles. The molecule has 0 aliphatic carbocycles. The number of alkyl halides is 1. The molecule has 7 nitrogen and oxygen atoms in total. The molecule has 0 aromatic rings. The van der Waals surface area contributed by atoms with E-state index in [2.05, 4.69) is 0 Å². The van der Waals surface area contributed by atoms with Crippen molar-refractivity contribution in [1.29, 1.82) is 0 Å². The SMILES string of the molecule is CC(=O)OC1C(C)OC(Cl)C(OC(C)=O)C1OC(C)=O. The maximum atomic E-state index is 11.2. The van der Waals surface area contributed by atoms with Gasteiger partial charge in [0.15, 0.2) is 23.9 Å². The fourth-order valence-electron chi connectivity index (χ4n) is 1.96. The Balaban J connectivity index is 3.01. The first-order chi connectivity index (χ1) is 9.22. The van der Waals surface area contributed by atoms with Gasteiger partial charge in [-0.2, -0.15) is 0 Å². The first-order valence-corrected chi connectivity index (χ1v) is 6.47. The molecule has 0 radical (unpaired) electrons. The van der Waals surface area contributed by atoms with Gasteiger partial charge in [0.05, 0.1) is 6.10 Å². The fourth-order valence-corrected chi connectivity index (χ4v) is 2.31. The number of rotatable bonds is 3. The molecule has 114 valence electrons. The monoisotopic (exact) mass is 308 g/mol. The van der Waals surface area contributed by atoms with Crippen molar-refractivity contribution < 1.29 is 33.3 Å². The Bertz CT molecular complexity index is 369. The van der Waals surface area contributed by atoms with E-state index in [-0.39, 0.29) is 0 Å². The predicted molar refractivity (Wildman–Crippen MR) is 66.9 cm³/mol. The van der Waals surface area contributed by atoms with Crippen LogP contribution in [-0.2, 0) is 33.3 Å². The zero-order chi connectivity index (χ0) is 15.4. The van der Waals surface area contributed by atoms with Crippen LogP contribution in [0.2, 0.25) is 0 Å². The number of carbonyl (C=O) groups excluding carboxylic acids is 3. The van der Waals surface area contributed by atoms with Crippen LogP contribution >= 0.6 is 11.6 Å². The molecule has 20 heavy (non-hydrogen) atoms. The number of carbonyl (C=O) groups is 3. The third kappa shape index (κ3) is 4.35. The van der Waals surface area contributed by atoms with Gasteiger partial charge in [0.2, 0.25) is 0 Å². The Labute approximate surface area is 121 Å². The summed E-state index contributed by atoms with van der Waals surface area (Å²) in [6.07, 6.45) is -3.60. The number of hydrogen-bond donors (Lipinski definition) is 0. The molecular formula is C12H17ClO7. The third-order valence-electron chi connectivity index (χ3n) is 2.62. The Morgan fingerprint density at radius 1 is 0.850 bits per heavy atom. The van der Waals surface area contributed by atoms with Crippen LogP contribution in [0.3, 0.4) is 0 Å². The lowest BCUT2D eigenvalue weighted by Gasteiger charge is -2.41. The summed E-state index contributed by atoms with van der Waals surface area (Å²) in [7, 11) is 0. The van der Waals surface area contributed by atoms with Crippen LogP contribution in [0.4, 0.5) is 0 Å². The number of halogens is 1. The summed E-state index contributed by atoms with van der Waals surface area (Å²) in [5.41, 5.74) is -1.01. The summed E-state index contributed by atoms with van der Waals surface area (Å²) in [4.78, 5) is 33.5. The van der Waals surface area contributed by atoms with Crippen molar-refractivity contribution in [2.45, 2.75) is 57.7 Å².